The van der Waals surface area contributed by atoms with E-state index in [4.69, 9.17) is 9.26 Å². The van der Waals surface area contributed by atoms with E-state index in [0.29, 0.717) is 24.7 Å². The lowest BCUT2D eigenvalue weighted by Crippen LogP contribution is -2.11. The fourth-order valence-corrected chi connectivity index (χ4v) is 1.67. The normalized spacial score (nSPS) is 10.8. The third kappa shape index (κ3) is 3.77. The van der Waals surface area contributed by atoms with Crippen LogP contribution >= 0.6 is 0 Å². The molecule has 0 saturated heterocycles. The first-order valence-electron chi connectivity index (χ1n) is 6.66. The molecule has 0 aliphatic rings. The molecule has 0 unspecified atom stereocenters. The second kappa shape index (κ2) is 7.00. The summed E-state index contributed by atoms with van der Waals surface area (Å²) < 4.78 is 24.2. The van der Waals surface area contributed by atoms with Crippen LogP contribution in [-0.4, -0.2) is 16.7 Å². The Bertz CT molecular complexity index is 557. The molecule has 2 aromatic rings. The molecule has 6 heteroatoms. The van der Waals surface area contributed by atoms with E-state index in [1.54, 1.807) is 6.07 Å². The summed E-state index contributed by atoms with van der Waals surface area (Å²) in [6.07, 6.45) is 0.691. The van der Waals surface area contributed by atoms with Crippen molar-refractivity contribution in [2.24, 2.45) is 0 Å². The van der Waals surface area contributed by atoms with Gasteiger partial charge in [-0.1, -0.05) is 25.1 Å². The largest absolute Gasteiger partial charge is 0.481 e. The minimum Gasteiger partial charge on any atom is -0.481 e. The molecule has 0 amide bonds. The number of hydrogen-bond acceptors (Lipinski definition) is 5. The third-order valence-corrected chi connectivity index (χ3v) is 2.75. The maximum absolute atomic E-state index is 13.8. The number of nitrogens with zero attached hydrogens (tertiary/aromatic N) is 2. The second-order valence-corrected chi connectivity index (χ2v) is 4.29. The van der Waals surface area contributed by atoms with Crippen LogP contribution in [0.5, 0.6) is 5.75 Å². The zero-order chi connectivity index (χ0) is 14.4. The summed E-state index contributed by atoms with van der Waals surface area (Å²) in [6, 6.07) is 4.90. The summed E-state index contributed by atoms with van der Waals surface area (Å²) in [5.74, 6) is 0.750. The van der Waals surface area contributed by atoms with E-state index in [-0.39, 0.29) is 12.4 Å². The molecule has 0 bridgehead atoms. The van der Waals surface area contributed by atoms with Crippen LogP contribution in [0.1, 0.15) is 31.1 Å². The van der Waals surface area contributed by atoms with Gasteiger partial charge in [-0.2, -0.15) is 4.98 Å². The zero-order valence-corrected chi connectivity index (χ0v) is 11.6. The SMILES string of the molecule is CCNCc1ccc(OCc2nc(CC)no2)c(F)c1. The maximum atomic E-state index is 13.8. The quantitative estimate of drug-likeness (QED) is 0.843. The first-order valence-corrected chi connectivity index (χ1v) is 6.66. The Hall–Kier alpha value is -1.95. The molecule has 20 heavy (non-hydrogen) atoms. The summed E-state index contributed by atoms with van der Waals surface area (Å²) in [6.45, 7) is 5.48. The molecule has 5 nitrogen and oxygen atoms in total. The highest BCUT2D eigenvalue weighted by atomic mass is 19.1. The van der Waals surface area contributed by atoms with E-state index in [1.165, 1.54) is 6.07 Å². The predicted octanol–water partition coefficient (Wildman–Crippen LogP) is 2.46. The van der Waals surface area contributed by atoms with E-state index in [1.807, 2.05) is 19.9 Å². The molecule has 0 spiro atoms. The zero-order valence-electron chi connectivity index (χ0n) is 11.6. The van der Waals surface area contributed by atoms with Gasteiger partial charge in [0.25, 0.3) is 5.89 Å². The number of aromatic nitrogens is 2. The Kier molecular flexibility index (Phi) is 5.06. The van der Waals surface area contributed by atoms with Crippen molar-refractivity contribution in [1.82, 2.24) is 15.5 Å². The Labute approximate surface area is 117 Å². The Morgan fingerprint density at radius 3 is 2.85 bits per heavy atom. The van der Waals surface area contributed by atoms with E-state index >= 15 is 0 Å². The first kappa shape index (κ1) is 14.5. The van der Waals surface area contributed by atoms with Crippen molar-refractivity contribution in [3.8, 4) is 5.75 Å². The highest BCUT2D eigenvalue weighted by Crippen LogP contribution is 2.19. The highest BCUT2D eigenvalue weighted by Gasteiger charge is 2.09. The number of rotatable bonds is 7. The number of ether oxygens (including phenoxy) is 1. The smallest absolute Gasteiger partial charge is 0.264 e. The van der Waals surface area contributed by atoms with Crippen molar-refractivity contribution in [3.63, 3.8) is 0 Å². The fraction of sp³-hybridized carbons (Fsp3) is 0.429. The first-order chi connectivity index (χ1) is 9.72. The number of nitrogens with one attached hydrogen (secondary N) is 1. The average molecular weight is 279 g/mol. The molecule has 1 aromatic heterocycles. The van der Waals surface area contributed by atoms with Gasteiger partial charge in [0.2, 0.25) is 0 Å². The van der Waals surface area contributed by atoms with Crippen LogP contribution in [0.25, 0.3) is 0 Å². The lowest BCUT2D eigenvalue weighted by molar-refractivity contribution is 0.234. The predicted molar refractivity (Wildman–Crippen MR) is 71.8 cm³/mol. The number of halogens is 1. The third-order valence-electron chi connectivity index (χ3n) is 2.75. The molecule has 0 fully saturated rings. The monoisotopic (exact) mass is 279 g/mol. The summed E-state index contributed by atoms with van der Waals surface area (Å²) in [7, 11) is 0. The molecular weight excluding hydrogens is 261 g/mol. The van der Waals surface area contributed by atoms with Crippen molar-refractivity contribution >= 4 is 0 Å². The van der Waals surface area contributed by atoms with Gasteiger partial charge in [-0.15, -0.1) is 0 Å². The van der Waals surface area contributed by atoms with Crippen LogP contribution in [0.15, 0.2) is 22.7 Å². The summed E-state index contributed by atoms with van der Waals surface area (Å²) in [4.78, 5) is 4.10. The molecule has 108 valence electrons. The van der Waals surface area contributed by atoms with E-state index in [0.717, 1.165) is 12.1 Å². The number of hydrogen-bond donors (Lipinski definition) is 1. The van der Waals surface area contributed by atoms with Crippen molar-refractivity contribution in [2.45, 2.75) is 33.4 Å². The molecule has 0 aliphatic carbocycles. The van der Waals surface area contributed by atoms with Gasteiger partial charge < -0.3 is 14.6 Å². The summed E-state index contributed by atoms with van der Waals surface area (Å²) in [5.41, 5.74) is 0.878. The van der Waals surface area contributed by atoms with E-state index in [9.17, 15) is 4.39 Å². The van der Waals surface area contributed by atoms with Crippen LogP contribution in [-0.2, 0) is 19.6 Å². The molecule has 1 aromatic carbocycles. The summed E-state index contributed by atoms with van der Waals surface area (Å²) in [5, 5.41) is 6.89. The molecule has 1 heterocycles. The minimum absolute atomic E-state index is 0.0659. The molecule has 1 N–H and O–H groups in total. The van der Waals surface area contributed by atoms with Crippen molar-refractivity contribution < 1.29 is 13.7 Å². The Morgan fingerprint density at radius 2 is 2.20 bits per heavy atom. The molecule has 0 aliphatic heterocycles. The lowest BCUT2D eigenvalue weighted by Gasteiger charge is -2.07. The molecule has 2 rings (SSSR count). The van der Waals surface area contributed by atoms with Crippen molar-refractivity contribution in [3.05, 3.63) is 41.3 Å². The van der Waals surface area contributed by atoms with Gasteiger partial charge in [-0.3, -0.25) is 0 Å². The molecule has 0 saturated carbocycles. The average Bonchev–Trinajstić information content (AvgIpc) is 2.92. The summed E-state index contributed by atoms with van der Waals surface area (Å²) >= 11 is 0. The van der Waals surface area contributed by atoms with Gasteiger partial charge in [-0.25, -0.2) is 4.39 Å². The van der Waals surface area contributed by atoms with Crippen LogP contribution in [0.3, 0.4) is 0 Å². The van der Waals surface area contributed by atoms with Gasteiger partial charge in [0, 0.05) is 13.0 Å². The molecular formula is C14H18FN3O2. The Morgan fingerprint density at radius 1 is 1.35 bits per heavy atom. The maximum Gasteiger partial charge on any atom is 0.264 e. The molecule has 0 atom stereocenters. The topological polar surface area (TPSA) is 60.2 Å². The van der Waals surface area contributed by atoms with Crippen LogP contribution in [0, 0.1) is 5.82 Å². The minimum atomic E-state index is -0.393. The van der Waals surface area contributed by atoms with Gasteiger partial charge in [0.05, 0.1) is 0 Å². The van der Waals surface area contributed by atoms with Gasteiger partial charge in [0.15, 0.2) is 24.0 Å². The van der Waals surface area contributed by atoms with Gasteiger partial charge in [-0.05, 0) is 24.2 Å². The van der Waals surface area contributed by atoms with Crippen molar-refractivity contribution in [2.75, 3.05) is 6.54 Å². The standard InChI is InChI=1S/C14H18FN3O2/c1-3-13-17-14(20-18-13)9-19-12-6-5-10(7-11(12)15)8-16-4-2/h5-7,16H,3-4,8-9H2,1-2H3. The lowest BCUT2D eigenvalue weighted by atomic mass is 10.2. The second-order valence-electron chi connectivity index (χ2n) is 4.29. The fourth-order valence-electron chi connectivity index (χ4n) is 1.67. The van der Waals surface area contributed by atoms with Crippen molar-refractivity contribution in [1.29, 1.82) is 0 Å². The van der Waals surface area contributed by atoms with Crippen LogP contribution < -0.4 is 10.1 Å². The van der Waals surface area contributed by atoms with Crippen LogP contribution in [0.2, 0.25) is 0 Å². The van der Waals surface area contributed by atoms with Crippen LogP contribution in [0.4, 0.5) is 4.39 Å². The molecule has 0 radical (unpaired) electrons. The highest BCUT2D eigenvalue weighted by molar-refractivity contribution is 5.29. The Balaban J connectivity index is 1.95. The van der Waals surface area contributed by atoms with Gasteiger partial charge >= 0.3 is 0 Å². The van der Waals surface area contributed by atoms with E-state index in [2.05, 4.69) is 15.5 Å². The number of aryl methyl sites for hydroxylation is 1. The van der Waals surface area contributed by atoms with E-state index < -0.39 is 5.82 Å². The number of benzene rings is 1. The van der Waals surface area contributed by atoms with Gasteiger partial charge in [0.1, 0.15) is 0 Å².